The molecule has 0 saturated carbocycles. The Labute approximate surface area is 172 Å². The molecule has 0 aliphatic carbocycles. The number of carbonyl (C=O) groups is 1. The maximum Gasteiger partial charge on any atom is 0.243 e. The van der Waals surface area contributed by atoms with E-state index in [1.165, 1.54) is 4.31 Å². The average Bonchev–Trinajstić information content (AvgIpc) is 2.72. The van der Waals surface area contributed by atoms with E-state index >= 15 is 0 Å². The maximum absolute atomic E-state index is 13.1. The van der Waals surface area contributed by atoms with Gasteiger partial charge < -0.3 is 10.1 Å². The Morgan fingerprint density at radius 1 is 1.21 bits per heavy atom. The summed E-state index contributed by atoms with van der Waals surface area (Å²) in [4.78, 5) is 12.9. The number of carbonyl (C=O) groups excluding carboxylic acids is 1. The SMILES string of the molecule is COc1ccc(S(=O)(=O)N2CCCC(C(=O)NCc3cccc(C)c3)C2)cc1C. The van der Waals surface area contributed by atoms with Gasteiger partial charge in [-0.25, -0.2) is 8.42 Å². The second-order valence-electron chi connectivity index (χ2n) is 7.54. The van der Waals surface area contributed by atoms with Crippen LogP contribution in [0.1, 0.15) is 29.5 Å². The zero-order valence-corrected chi connectivity index (χ0v) is 18.0. The predicted octanol–water partition coefficient (Wildman–Crippen LogP) is 3.03. The van der Waals surface area contributed by atoms with Crippen LogP contribution in [-0.4, -0.2) is 38.8 Å². The minimum Gasteiger partial charge on any atom is -0.496 e. The molecule has 1 aliphatic heterocycles. The van der Waals surface area contributed by atoms with Gasteiger partial charge in [0, 0.05) is 19.6 Å². The van der Waals surface area contributed by atoms with E-state index in [-0.39, 0.29) is 23.3 Å². The van der Waals surface area contributed by atoms with Gasteiger partial charge in [-0.2, -0.15) is 4.31 Å². The van der Waals surface area contributed by atoms with Crippen LogP contribution < -0.4 is 10.1 Å². The molecule has 2 aromatic carbocycles. The van der Waals surface area contributed by atoms with Crippen molar-refractivity contribution in [1.29, 1.82) is 0 Å². The van der Waals surface area contributed by atoms with Gasteiger partial charge in [0.05, 0.1) is 17.9 Å². The van der Waals surface area contributed by atoms with E-state index in [1.807, 2.05) is 38.1 Å². The summed E-state index contributed by atoms with van der Waals surface area (Å²) in [5.41, 5.74) is 2.94. The van der Waals surface area contributed by atoms with Crippen molar-refractivity contribution in [2.45, 2.75) is 38.1 Å². The second kappa shape index (κ2) is 8.97. The molecule has 1 atom stereocenters. The Bertz CT molecular complexity index is 988. The minimum atomic E-state index is -3.65. The van der Waals surface area contributed by atoms with Gasteiger partial charge in [0.25, 0.3) is 0 Å². The number of hydrogen-bond donors (Lipinski definition) is 1. The summed E-state index contributed by atoms with van der Waals surface area (Å²) in [5.74, 6) is 0.205. The van der Waals surface area contributed by atoms with Crippen molar-refractivity contribution in [3.63, 3.8) is 0 Å². The molecule has 1 aliphatic rings. The first-order valence-corrected chi connectivity index (χ1v) is 11.2. The summed E-state index contributed by atoms with van der Waals surface area (Å²) in [7, 11) is -2.09. The molecule has 3 rings (SSSR count). The number of methoxy groups -OCH3 is 1. The zero-order chi connectivity index (χ0) is 21.0. The molecule has 7 heteroatoms. The van der Waals surface area contributed by atoms with Crippen LogP contribution in [0.2, 0.25) is 0 Å². The molecular weight excluding hydrogens is 388 g/mol. The first-order chi connectivity index (χ1) is 13.8. The monoisotopic (exact) mass is 416 g/mol. The number of hydrogen-bond acceptors (Lipinski definition) is 4. The van der Waals surface area contributed by atoms with Gasteiger partial charge >= 0.3 is 0 Å². The highest BCUT2D eigenvalue weighted by Gasteiger charge is 2.33. The van der Waals surface area contributed by atoms with E-state index in [9.17, 15) is 13.2 Å². The largest absolute Gasteiger partial charge is 0.496 e. The molecule has 1 heterocycles. The smallest absolute Gasteiger partial charge is 0.243 e. The van der Waals surface area contributed by atoms with Crippen molar-refractivity contribution in [1.82, 2.24) is 9.62 Å². The van der Waals surface area contributed by atoms with Gasteiger partial charge in [-0.05, 0) is 56.0 Å². The number of rotatable bonds is 6. The highest BCUT2D eigenvalue weighted by Crippen LogP contribution is 2.27. The normalized spacial score (nSPS) is 17.7. The van der Waals surface area contributed by atoms with Gasteiger partial charge in [0.2, 0.25) is 15.9 Å². The van der Waals surface area contributed by atoms with Gasteiger partial charge in [-0.15, -0.1) is 0 Å². The van der Waals surface area contributed by atoms with E-state index in [0.717, 1.165) is 16.7 Å². The molecule has 0 radical (unpaired) electrons. The summed E-state index contributed by atoms with van der Waals surface area (Å²) < 4.78 is 32.8. The Hall–Kier alpha value is -2.38. The van der Waals surface area contributed by atoms with Crippen LogP contribution in [0.15, 0.2) is 47.4 Å². The molecule has 1 fully saturated rings. The van der Waals surface area contributed by atoms with Gasteiger partial charge in [0.1, 0.15) is 5.75 Å². The van der Waals surface area contributed by atoms with Crippen molar-refractivity contribution in [2.24, 2.45) is 5.92 Å². The van der Waals surface area contributed by atoms with Gasteiger partial charge in [-0.1, -0.05) is 29.8 Å². The first kappa shape index (κ1) is 21.3. The molecule has 156 valence electrons. The van der Waals surface area contributed by atoms with E-state index in [0.29, 0.717) is 31.7 Å². The Morgan fingerprint density at radius 2 is 2.00 bits per heavy atom. The fraction of sp³-hybridized carbons (Fsp3) is 0.409. The highest BCUT2D eigenvalue weighted by atomic mass is 32.2. The number of piperidine rings is 1. The fourth-order valence-corrected chi connectivity index (χ4v) is 5.30. The number of sulfonamides is 1. The molecule has 1 saturated heterocycles. The molecular formula is C22H28N2O4S. The maximum atomic E-state index is 13.1. The van der Waals surface area contributed by atoms with E-state index in [4.69, 9.17) is 4.74 Å². The number of aryl methyl sites for hydroxylation is 2. The Balaban J connectivity index is 1.67. The van der Waals surface area contributed by atoms with E-state index in [2.05, 4.69) is 5.32 Å². The third-order valence-electron chi connectivity index (χ3n) is 5.31. The number of benzene rings is 2. The molecule has 6 nitrogen and oxygen atoms in total. The molecule has 1 unspecified atom stereocenters. The van der Waals surface area contributed by atoms with Gasteiger partial charge in [-0.3, -0.25) is 4.79 Å². The van der Waals surface area contributed by atoms with Crippen molar-refractivity contribution < 1.29 is 17.9 Å². The standard InChI is InChI=1S/C22H28N2O4S/c1-16-6-4-7-18(12-16)14-23-22(25)19-8-5-11-24(15-19)29(26,27)20-9-10-21(28-3)17(2)13-20/h4,6-7,9-10,12-13,19H,5,8,11,14-15H2,1-3H3,(H,23,25). The van der Waals surface area contributed by atoms with Crippen LogP contribution in [0.25, 0.3) is 0 Å². The van der Waals surface area contributed by atoms with Crippen molar-refractivity contribution in [3.8, 4) is 5.75 Å². The molecule has 2 aromatic rings. The molecule has 29 heavy (non-hydrogen) atoms. The topological polar surface area (TPSA) is 75.7 Å². The lowest BCUT2D eigenvalue weighted by Crippen LogP contribution is -2.45. The lowest BCUT2D eigenvalue weighted by atomic mass is 9.98. The Morgan fingerprint density at radius 3 is 2.69 bits per heavy atom. The lowest BCUT2D eigenvalue weighted by Gasteiger charge is -2.31. The number of amides is 1. The van der Waals surface area contributed by atoms with Crippen LogP contribution in [-0.2, 0) is 21.4 Å². The zero-order valence-electron chi connectivity index (χ0n) is 17.1. The molecule has 1 N–H and O–H groups in total. The van der Waals surface area contributed by atoms with Crippen molar-refractivity contribution >= 4 is 15.9 Å². The van der Waals surface area contributed by atoms with Crippen LogP contribution in [0.4, 0.5) is 0 Å². The summed E-state index contributed by atoms with van der Waals surface area (Å²) in [6, 6.07) is 12.8. The highest BCUT2D eigenvalue weighted by molar-refractivity contribution is 7.89. The van der Waals surface area contributed by atoms with Crippen LogP contribution >= 0.6 is 0 Å². The minimum absolute atomic E-state index is 0.0997. The van der Waals surface area contributed by atoms with Crippen LogP contribution in [0, 0.1) is 19.8 Å². The predicted molar refractivity (Wildman–Crippen MR) is 112 cm³/mol. The summed E-state index contributed by atoms with van der Waals surface area (Å²) in [5, 5.41) is 2.95. The molecule has 0 bridgehead atoms. The van der Waals surface area contributed by atoms with E-state index < -0.39 is 10.0 Å². The molecule has 0 aromatic heterocycles. The van der Waals surface area contributed by atoms with Gasteiger partial charge in [0.15, 0.2) is 0 Å². The first-order valence-electron chi connectivity index (χ1n) is 9.79. The fourth-order valence-electron chi connectivity index (χ4n) is 3.69. The lowest BCUT2D eigenvalue weighted by molar-refractivity contribution is -0.126. The van der Waals surface area contributed by atoms with Crippen LogP contribution in [0.3, 0.4) is 0 Å². The van der Waals surface area contributed by atoms with E-state index in [1.54, 1.807) is 25.3 Å². The van der Waals surface area contributed by atoms with Crippen molar-refractivity contribution in [2.75, 3.05) is 20.2 Å². The molecule has 1 amide bonds. The number of nitrogens with zero attached hydrogens (tertiary/aromatic N) is 1. The third kappa shape index (κ3) is 4.97. The third-order valence-corrected chi connectivity index (χ3v) is 7.17. The Kier molecular flexibility index (Phi) is 6.59. The number of nitrogens with one attached hydrogen (secondary N) is 1. The molecule has 0 spiro atoms. The number of ether oxygens (including phenoxy) is 1. The van der Waals surface area contributed by atoms with Crippen molar-refractivity contribution in [3.05, 3.63) is 59.2 Å². The quantitative estimate of drug-likeness (QED) is 0.785. The summed E-state index contributed by atoms with van der Waals surface area (Å²) in [6.45, 7) is 4.90. The summed E-state index contributed by atoms with van der Waals surface area (Å²) in [6.07, 6.45) is 1.35. The second-order valence-corrected chi connectivity index (χ2v) is 9.48. The van der Waals surface area contributed by atoms with Crippen LogP contribution in [0.5, 0.6) is 5.75 Å². The average molecular weight is 417 g/mol. The summed E-state index contributed by atoms with van der Waals surface area (Å²) >= 11 is 0.